The molecule has 3 nitrogen and oxygen atoms in total. The van der Waals surface area contributed by atoms with Crippen LogP contribution in [0.4, 0.5) is 8.78 Å². The minimum atomic E-state index is -0.878. The van der Waals surface area contributed by atoms with E-state index >= 15 is 0 Å². The molecule has 2 fully saturated rings. The molecular weight excluding hydrogens is 294 g/mol. The van der Waals surface area contributed by atoms with Crippen molar-refractivity contribution in [3.8, 4) is 0 Å². The molecule has 1 N–H and O–H groups in total. The topological polar surface area (TPSA) is 32.3 Å². The van der Waals surface area contributed by atoms with E-state index in [0.717, 1.165) is 18.9 Å². The smallest absolute Gasteiger partial charge is 0.244 e. The van der Waals surface area contributed by atoms with Gasteiger partial charge in [-0.25, -0.2) is 8.78 Å². The number of benzene rings is 1. The first-order valence-electron chi connectivity index (χ1n) is 7.03. The van der Waals surface area contributed by atoms with Gasteiger partial charge in [-0.05, 0) is 36.8 Å². The first kappa shape index (κ1) is 14.8. The van der Waals surface area contributed by atoms with Gasteiger partial charge in [0.25, 0.3) is 0 Å². The van der Waals surface area contributed by atoms with Crippen LogP contribution in [0, 0.1) is 11.6 Å². The molecule has 1 saturated carbocycles. The molecule has 2 atom stereocenters. The molecule has 2 aliphatic rings. The summed E-state index contributed by atoms with van der Waals surface area (Å²) in [5, 5.41) is 3.60. The van der Waals surface area contributed by atoms with Crippen LogP contribution in [0.15, 0.2) is 18.2 Å². The van der Waals surface area contributed by atoms with E-state index in [1.54, 1.807) is 22.7 Å². The van der Waals surface area contributed by atoms with Crippen LogP contribution in [-0.2, 0) is 4.79 Å². The highest BCUT2D eigenvalue weighted by Gasteiger charge is 2.59. The van der Waals surface area contributed by atoms with Crippen molar-refractivity contribution in [1.29, 1.82) is 0 Å². The summed E-state index contributed by atoms with van der Waals surface area (Å²) in [6.45, 7) is 2.65. The van der Waals surface area contributed by atoms with E-state index in [-0.39, 0.29) is 17.3 Å². The lowest BCUT2D eigenvalue weighted by molar-refractivity contribution is -0.130. The highest BCUT2D eigenvalue weighted by Crippen LogP contribution is 2.46. The maximum Gasteiger partial charge on any atom is 0.244 e. The van der Waals surface area contributed by atoms with Crippen molar-refractivity contribution in [2.45, 2.75) is 36.7 Å². The van der Waals surface area contributed by atoms with Gasteiger partial charge >= 0.3 is 0 Å². The number of rotatable bonds is 4. The Balaban J connectivity index is 1.90. The second-order valence-electron chi connectivity index (χ2n) is 5.81. The monoisotopic (exact) mass is 312 g/mol. The Morgan fingerprint density at radius 1 is 1.43 bits per heavy atom. The summed E-state index contributed by atoms with van der Waals surface area (Å²) in [7, 11) is 0. The van der Waals surface area contributed by atoms with Gasteiger partial charge in [0.2, 0.25) is 5.91 Å². The van der Waals surface area contributed by atoms with E-state index in [4.69, 9.17) is 0 Å². The Bertz CT molecular complexity index is 577. The van der Waals surface area contributed by atoms with Gasteiger partial charge in [-0.15, -0.1) is 0 Å². The molecule has 1 aliphatic carbocycles. The van der Waals surface area contributed by atoms with Gasteiger partial charge in [0.15, 0.2) is 11.6 Å². The highest BCUT2D eigenvalue weighted by molar-refractivity contribution is 7.99. The predicted molar refractivity (Wildman–Crippen MR) is 78.9 cm³/mol. The minimum Gasteiger partial charge on any atom is -0.320 e. The van der Waals surface area contributed by atoms with Crippen LogP contribution in [0.3, 0.4) is 0 Å². The highest BCUT2D eigenvalue weighted by atomic mass is 32.2. The van der Waals surface area contributed by atoms with Crippen LogP contribution in [0.25, 0.3) is 0 Å². The molecule has 1 heterocycles. The summed E-state index contributed by atoms with van der Waals surface area (Å²) >= 11 is 1.68. The molecule has 21 heavy (non-hydrogen) atoms. The van der Waals surface area contributed by atoms with Gasteiger partial charge in [-0.1, -0.05) is 13.0 Å². The average molecular weight is 312 g/mol. The number of hydrogen-bond acceptors (Lipinski definition) is 3. The molecule has 3 rings (SSSR count). The molecule has 2 unspecified atom stereocenters. The third-order valence-corrected chi connectivity index (χ3v) is 5.21. The van der Waals surface area contributed by atoms with E-state index in [9.17, 15) is 13.6 Å². The minimum absolute atomic E-state index is 0.0816. The van der Waals surface area contributed by atoms with Crippen molar-refractivity contribution in [2.24, 2.45) is 0 Å². The number of carbonyl (C=O) groups excluding carboxylic acids is 1. The normalized spacial score (nSPS) is 24.7. The van der Waals surface area contributed by atoms with Crippen molar-refractivity contribution in [3.63, 3.8) is 0 Å². The molecule has 114 valence electrons. The van der Waals surface area contributed by atoms with Crippen molar-refractivity contribution >= 4 is 17.7 Å². The molecule has 0 radical (unpaired) electrons. The number of halogens is 2. The van der Waals surface area contributed by atoms with E-state index in [2.05, 4.69) is 12.2 Å². The number of nitrogens with one attached hydrogen (secondary N) is 1. The van der Waals surface area contributed by atoms with E-state index in [1.807, 2.05) is 6.26 Å². The third kappa shape index (κ3) is 2.55. The van der Waals surface area contributed by atoms with Gasteiger partial charge in [-0.2, -0.15) is 11.8 Å². The average Bonchev–Trinajstić information content (AvgIpc) is 3.20. The Kier molecular flexibility index (Phi) is 3.69. The molecule has 1 aromatic carbocycles. The Labute approximate surface area is 127 Å². The second kappa shape index (κ2) is 5.25. The van der Waals surface area contributed by atoms with Gasteiger partial charge < -0.3 is 4.90 Å². The van der Waals surface area contributed by atoms with Gasteiger partial charge in [0, 0.05) is 11.8 Å². The largest absolute Gasteiger partial charge is 0.320 e. The van der Waals surface area contributed by atoms with Crippen LogP contribution in [0.5, 0.6) is 0 Å². The van der Waals surface area contributed by atoms with E-state index < -0.39 is 17.2 Å². The number of hydrogen-bond donors (Lipinski definition) is 1. The predicted octanol–water partition coefficient (Wildman–Crippen LogP) is 2.68. The van der Waals surface area contributed by atoms with Gasteiger partial charge in [0.05, 0.1) is 0 Å². The lowest BCUT2D eigenvalue weighted by Crippen LogP contribution is -2.36. The maximum absolute atomic E-state index is 13.5. The van der Waals surface area contributed by atoms with Crippen LogP contribution < -0.4 is 5.32 Å². The zero-order valence-corrected chi connectivity index (χ0v) is 12.8. The molecule has 1 aliphatic heterocycles. The van der Waals surface area contributed by atoms with Crippen LogP contribution in [0.1, 0.15) is 31.5 Å². The number of thioether (sulfide) groups is 1. The number of carbonyl (C=O) groups is 1. The molecule has 6 heteroatoms. The first-order valence-corrected chi connectivity index (χ1v) is 8.32. The first-order chi connectivity index (χ1) is 9.97. The number of amides is 1. The fourth-order valence-electron chi connectivity index (χ4n) is 2.76. The Hall–Kier alpha value is -1.14. The van der Waals surface area contributed by atoms with Crippen LogP contribution in [-0.4, -0.2) is 34.4 Å². The van der Waals surface area contributed by atoms with E-state index in [0.29, 0.717) is 12.1 Å². The zero-order chi connectivity index (χ0) is 15.2. The zero-order valence-electron chi connectivity index (χ0n) is 12.0. The second-order valence-corrected chi connectivity index (χ2v) is 7.08. The molecule has 0 bridgehead atoms. The SMILES string of the molecule is CSC(C)CN1C(=O)C2(CC2)NC1c1ccc(F)c(F)c1. The Morgan fingerprint density at radius 2 is 2.14 bits per heavy atom. The summed E-state index contributed by atoms with van der Waals surface area (Å²) in [5.41, 5.74) is 0.132. The molecule has 1 spiro atoms. The fraction of sp³-hybridized carbons (Fsp3) is 0.533. The molecule has 0 aromatic heterocycles. The summed E-state index contributed by atoms with van der Waals surface area (Å²) in [6.07, 6.45) is 3.26. The van der Waals surface area contributed by atoms with Crippen molar-refractivity contribution < 1.29 is 13.6 Å². The number of nitrogens with zero attached hydrogens (tertiary/aromatic N) is 1. The molecular formula is C15H18F2N2OS. The molecule has 1 amide bonds. The summed E-state index contributed by atoms with van der Waals surface area (Å²) in [5.74, 6) is -1.66. The molecule has 1 aromatic rings. The quantitative estimate of drug-likeness (QED) is 0.928. The van der Waals surface area contributed by atoms with Crippen molar-refractivity contribution in [3.05, 3.63) is 35.4 Å². The van der Waals surface area contributed by atoms with Gasteiger partial charge in [0.1, 0.15) is 11.7 Å². The Morgan fingerprint density at radius 3 is 2.71 bits per heavy atom. The summed E-state index contributed by atoms with van der Waals surface area (Å²) < 4.78 is 26.6. The van der Waals surface area contributed by atoms with Gasteiger partial charge in [-0.3, -0.25) is 10.1 Å². The van der Waals surface area contributed by atoms with Crippen molar-refractivity contribution in [2.75, 3.05) is 12.8 Å². The third-order valence-electron chi connectivity index (χ3n) is 4.26. The standard InChI is InChI=1S/C15H18F2N2OS/c1-9(21-2)8-19-13(18-15(5-6-15)14(19)20)10-3-4-11(16)12(17)7-10/h3-4,7,9,13,18H,5-6,8H2,1-2H3. The maximum atomic E-state index is 13.5. The molecule has 1 saturated heterocycles. The lowest BCUT2D eigenvalue weighted by Gasteiger charge is -2.26. The van der Waals surface area contributed by atoms with Crippen molar-refractivity contribution in [1.82, 2.24) is 10.2 Å². The van der Waals surface area contributed by atoms with E-state index in [1.165, 1.54) is 6.07 Å². The van der Waals surface area contributed by atoms with Crippen LogP contribution >= 0.6 is 11.8 Å². The summed E-state index contributed by atoms with van der Waals surface area (Å²) in [6, 6.07) is 3.84. The lowest BCUT2D eigenvalue weighted by atomic mass is 10.1. The fourth-order valence-corrected chi connectivity index (χ4v) is 3.07. The summed E-state index contributed by atoms with van der Waals surface area (Å²) in [4.78, 5) is 14.3. The van der Waals surface area contributed by atoms with Crippen LogP contribution in [0.2, 0.25) is 0 Å².